The van der Waals surface area contributed by atoms with Crippen molar-refractivity contribution in [2.75, 3.05) is 37.6 Å². The van der Waals surface area contributed by atoms with Crippen molar-refractivity contribution in [1.29, 1.82) is 0 Å². The standard InChI is InChI=1S/C17H27N3O/c21-16(13-15-5-1-2-6-15)14-19-9-11-20(12-10-19)17-7-3-4-8-18-17/h3-4,7-8,15-16,21H,1-2,5-6,9-14H2. The summed E-state index contributed by atoms with van der Waals surface area (Å²) < 4.78 is 0. The fourth-order valence-corrected chi connectivity index (χ4v) is 3.70. The van der Waals surface area contributed by atoms with Crippen molar-refractivity contribution >= 4 is 5.82 Å². The van der Waals surface area contributed by atoms with Gasteiger partial charge in [0.15, 0.2) is 0 Å². The van der Waals surface area contributed by atoms with Gasteiger partial charge in [-0.25, -0.2) is 4.98 Å². The number of anilines is 1. The van der Waals surface area contributed by atoms with E-state index in [1.165, 1.54) is 25.7 Å². The minimum Gasteiger partial charge on any atom is -0.392 e. The van der Waals surface area contributed by atoms with Gasteiger partial charge in [0.2, 0.25) is 0 Å². The molecule has 3 rings (SSSR count). The summed E-state index contributed by atoms with van der Waals surface area (Å²) in [6.07, 6.45) is 8.08. The van der Waals surface area contributed by atoms with Crippen LogP contribution in [0.1, 0.15) is 32.1 Å². The Bertz CT molecular complexity index is 411. The third-order valence-corrected chi connectivity index (χ3v) is 4.89. The van der Waals surface area contributed by atoms with Crippen molar-refractivity contribution in [2.24, 2.45) is 5.92 Å². The van der Waals surface area contributed by atoms with Gasteiger partial charge in [0.05, 0.1) is 6.10 Å². The van der Waals surface area contributed by atoms with Crippen LogP contribution in [0, 0.1) is 5.92 Å². The molecule has 1 saturated heterocycles. The van der Waals surface area contributed by atoms with Gasteiger partial charge in [-0.2, -0.15) is 0 Å². The van der Waals surface area contributed by atoms with E-state index in [1.807, 2.05) is 18.3 Å². The zero-order valence-electron chi connectivity index (χ0n) is 12.8. The number of hydrogen-bond acceptors (Lipinski definition) is 4. The van der Waals surface area contributed by atoms with E-state index in [-0.39, 0.29) is 6.10 Å². The molecule has 1 aliphatic heterocycles. The van der Waals surface area contributed by atoms with Crippen molar-refractivity contribution in [2.45, 2.75) is 38.2 Å². The molecule has 4 nitrogen and oxygen atoms in total. The smallest absolute Gasteiger partial charge is 0.128 e. The summed E-state index contributed by atoms with van der Waals surface area (Å²) in [5.41, 5.74) is 0. The number of rotatable bonds is 5. The molecule has 0 bridgehead atoms. The molecule has 0 spiro atoms. The average molecular weight is 289 g/mol. The molecule has 0 aromatic carbocycles. The van der Waals surface area contributed by atoms with E-state index in [2.05, 4.69) is 20.9 Å². The first-order valence-corrected chi connectivity index (χ1v) is 8.37. The van der Waals surface area contributed by atoms with Gasteiger partial charge in [0, 0.05) is 38.9 Å². The third-order valence-electron chi connectivity index (χ3n) is 4.89. The van der Waals surface area contributed by atoms with E-state index in [4.69, 9.17) is 0 Å². The first-order chi connectivity index (χ1) is 10.3. The van der Waals surface area contributed by atoms with Gasteiger partial charge >= 0.3 is 0 Å². The van der Waals surface area contributed by atoms with Crippen LogP contribution < -0.4 is 4.90 Å². The van der Waals surface area contributed by atoms with Gasteiger partial charge in [0.1, 0.15) is 5.82 Å². The normalized spacial score (nSPS) is 22.6. The second kappa shape index (κ2) is 7.23. The molecule has 1 N–H and O–H groups in total. The van der Waals surface area contributed by atoms with Gasteiger partial charge < -0.3 is 10.0 Å². The molecule has 2 heterocycles. The zero-order chi connectivity index (χ0) is 14.5. The summed E-state index contributed by atoms with van der Waals surface area (Å²) in [4.78, 5) is 9.15. The maximum atomic E-state index is 10.3. The molecule has 1 saturated carbocycles. The molecule has 0 radical (unpaired) electrons. The molecule has 21 heavy (non-hydrogen) atoms. The molecule has 1 aromatic rings. The Balaban J connectivity index is 1.41. The Kier molecular flexibility index (Phi) is 5.09. The van der Waals surface area contributed by atoms with Gasteiger partial charge in [-0.05, 0) is 24.5 Å². The molecule has 116 valence electrons. The quantitative estimate of drug-likeness (QED) is 0.901. The molecule has 2 fully saturated rings. The Labute approximate surface area is 127 Å². The highest BCUT2D eigenvalue weighted by Crippen LogP contribution is 2.28. The zero-order valence-corrected chi connectivity index (χ0v) is 12.8. The molecule has 0 amide bonds. The van der Waals surface area contributed by atoms with E-state index in [1.54, 1.807) is 0 Å². The monoisotopic (exact) mass is 289 g/mol. The Morgan fingerprint density at radius 2 is 1.90 bits per heavy atom. The maximum Gasteiger partial charge on any atom is 0.128 e. The third kappa shape index (κ3) is 4.17. The summed E-state index contributed by atoms with van der Waals surface area (Å²) in [5.74, 6) is 1.85. The van der Waals surface area contributed by atoms with E-state index in [0.29, 0.717) is 0 Å². The molecule has 1 atom stereocenters. The SMILES string of the molecule is OC(CC1CCCC1)CN1CCN(c2ccccn2)CC1. The van der Waals surface area contributed by atoms with Crippen LogP contribution in [0.15, 0.2) is 24.4 Å². The first-order valence-electron chi connectivity index (χ1n) is 8.37. The molecular formula is C17H27N3O. The molecular weight excluding hydrogens is 262 g/mol. The summed E-state index contributed by atoms with van der Waals surface area (Å²) >= 11 is 0. The lowest BCUT2D eigenvalue weighted by molar-refractivity contribution is 0.0884. The summed E-state index contributed by atoms with van der Waals surface area (Å²) in [6.45, 7) is 4.91. The molecule has 4 heteroatoms. The van der Waals surface area contributed by atoms with Crippen LogP contribution in [0.25, 0.3) is 0 Å². The predicted molar refractivity (Wildman–Crippen MR) is 85.5 cm³/mol. The number of nitrogens with zero attached hydrogens (tertiary/aromatic N) is 3. The van der Waals surface area contributed by atoms with Crippen LogP contribution in [-0.2, 0) is 0 Å². The van der Waals surface area contributed by atoms with Crippen LogP contribution in [0.5, 0.6) is 0 Å². The summed E-state index contributed by atoms with van der Waals surface area (Å²) in [7, 11) is 0. The Morgan fingerprint density at radius 1 is 1.14 bits per heavy atom. The largest absolute Gasteiger partial charge is 0.392 e. The van der Waals surface area contributed by atoms with Crippen LogP contribution in [0.2, 0.25) is 0 Å². The van der Waals surface area contributed by atoms with Gasteiger partial charge in [0.25, 0.3) is 0 Å². The lowest BCUT2D eigenvalue weighted by atomic mass is 10.00. The van der Waals surface area contributed by atoms with Crippen molar-refractivity contribution in [3.63, 3.8) is 0 Å². The molecule has 1 aromatic heterocycles. The minimum atomic E-state index is -0.144. The highest BCUT2D eigenvalue weighted by atomic mass is 16.3. The molecule has 1 unspecified atom stereocenters. The lowest BCUT2D eigenvalue weighted by Crippen LogP contribution is -2.49. The highest BCUT2D eigenvalue weighted by Gasteiger charge is 2.23. The van der Waals surface area contributed by atoms with Crippen molar-refractivity contribution < 1.29 is 5.11 Å². The summed E-state index contributed by atoms with van der Waals surface area (Å²) in [6, 6.07) is 6.07. The van der Waals surface area contributed by atoms with E-state index in [9.17, 15) is 5.11 Å². The van der Waals surface area contributed by atoms with Gasteiger partial charge in [-0.3, -0.25) is 4.90 Å². The van der Waals surface area contributed by atoms with Crippen LogP contribution in [-0.4, -0.2) is 53.8 Å². The number of hydrogen-bond donors (Lipinski definition) is 1. The van der Waals surface area contributed by atoms with Crippen LogP contribution in [0.4, 0.5) is 5.82 Å². The number of β-amino-alcohol motifs (C(OH)–C–C–N with tert-alkyl or cyclic N) is 1. The summed E-state index contributed by atoms with van der Waals surface area (Å²) in [5, 5.41) is 10.3. The number of aliphatic hydroxyl groups excluding tert-OH is 1. The number of piperazine rings is 1. The Hall–Kier alpha value is -1.13. The van der Waals surface area contributed by atoms with Gasteiger partial charge in [-0.1, -0.05) is 31.7 Å². The molecule has 1 aliphatic carbocycles. The van der Waals surface area contributed by atoms with Crippen molar-refractivity contribution in [3.8, 4) is 0 Å². The number of pyridine rings is 1. The second-order valence-corrected chi connectivity index (χ2v) is 6.52. The number of aromatic nitrogens is 1. The highest BCUT2D eigenvalue weighted by molar-refractivity contribution is 5.38. The maximum absolute atomic E-state index is 10.3. The lowest BCUT2D eigenvalue weighted by Gasteiger charge is -2.36. The Morgan fingerprint density at radius 3 is 2.57 bits per heavy atom. The molecule has 2 aliphatic rings. The fraction of sp³-hybridized carbons (Fsp3) is 0.706. The second-order valence-electron chi connectivity index (χ2n) is 6.52. The van der Waals surface area contributed by atoms with Crippen LogP contribution >= 0.6 is 0 Å². The van der Waals surface area contributed by atoms with Crippen molar-refractivity contribution in [3.05, 3.63) is 24.4 Å². The van der Waals surface area contributed by atoms with E-state index in [0.717, 1.165) is 50.9 Å². The average Bonchev–Trinajstić information content (AvgIpc) is 3.02. The topological polar surface area (TPSA) is 39.6 Å². The van der Waals surface area contributed by atoms with Crippen LogP contribution in [0.3, 0.4) is 0 Å². The van der Waals surface area contributed by atoms with Crippen molar-refractivity contribution in [1.82, 2.24) is 9.88 Å². The van der Waals surface area contributed by atoms with E-state index >= 15 is 0 Å². The minimum absolute atomic E-state index is 0.144. The van der Waals surface area contributed by atoms with E-state index < -0.39 is 0 Å². The first kappa shape index (κ1) is 14.8. The number of aliphatic hydroxyl groups is 1. The fourth-order valence-electron chi connectivity index (χ4n) is 3.70. The van der Waals surface area contributed by atoms with Gasteiger partial charge in [-0.15, -0.1) is 0 Å². The predicted octanol–water partition coefficient (Wildman–Crippen LogP) is 2.14.